The Hall–Kier alpha value is -4.99. The van der Waals surface area contributed by atoms with Crippen molar-refractivity contribution in [1.29, 1.82) is 0 Å². The number of esters is 1. The second kappa shape index (κ2) is 18.3. The molecule has 0 spiro atoms. The van der Waals surface area contributed by atoms with E-state index in [-0.39, 0.29) is 18.8 Å². The number of aryl methyl sites for hydroxylation is 2. The molecule has 9 nitrogen and oxygen atoms in total. The van der Waals surface area contributed by atoms with Crippen molar-refractivity contribution in [3.05, 3.63) is 112 Å². The molecule has 4 aromatic rings. The molecule has 1 amide bonds. The van der Waals surface area contributed by atoms with Gasteiger partial charge < -0.3 is 28.6 Å². The zero-order valence-corrected chi connectivity index (χ0v) is 35.0. The number of nitrogens with zero attached hydrogens (tertiary/aromatic N) is 2. The van der Waals surface area contributed by atoms with Crippen molar-refractivity contribution in [1.82, 2.24) is 9.88 Å². The minimum atomic E-state index is -1.04. The molecule has 7 rings (SSSR count). The van der Waals surface area contributed by atoms with Crippen molar-refractivity contribution in [2.24, 2.45) is 5.92 Å². The fraction of sp³-hybridized carbons (Fsp3) is 0.449. The van der Waals surface area contributed by atoms with Gasteiger partial charge in [-0.3, -0.25) is 4.98 Å². The molecular formula is C49H58N2O7. The molecule has 1 atom stereocenters. The number of benzene rings is 3. The van der Waals surface area contributed by atoms with E-state index < -0.39 is 17.7 Å². The summed E-state index contributed by atoms with van der Waals surface area (Å²) in [5.74, 6) is 0.994. The molecule has 4 heterocycles. The molecule has 0 N–H and O–H groups in total. The van der Waals surface area contributed by atoms with Crippen molar-refractivity contribution in [3.63, 3.8) is 0 Å². The molecule has 3 aliphatic rings. The minimum absolute atomic E-state index is 0.234. The maximum atomic E-state index is 14.2. The highest BCUT2D eigenvalue weighted by atomic mass is 16.6. The van der Waals surface area contributed by atoms with Gasteiger partial charge in [0.25, 0.3) is 0 Å². The first-order chi connectivity index (χ1) is 27.9. The van der Waals surface area contributed by atoms with E-state index in [1.807, 2.05) is 71.9 Å². The van der Waals surface area contributed by atoms with Gasteiger partial charge in [-0.1, -0.05) is 60.7 Å². The summed E-state index contributed by atoms with van der Waals surface area (Å²) in [7, 11) is 0. The Balaban J connectivity index is 1.36. The number of hydrogen-bond acceptors (Lipinski definition) is 8. The van der Waals surface area contributed by atoms with Crippen molar-refractivity contribution < 1.29 is 33.3 Å². The first kappa shape index (κ1) is 41.2. The summed E-state index contributed by atoms with van der Waals surface area (Å²) in [6.45, 7) is 15.1. The third-order valence-electron chi connectivity index (χ3n) is 11.0. The van der Waals surface area contributed by atoms with Crippen LogP contribution in [0.25, 0.3) is 28.3 Å². The van der Waals surface area contributed by atoms with Crippen molar-refractivity contribution in [2.45, 2.75) is 111 Å². The Morgan fingerprint density at radius 1 is 0.914 bits per heavy atom. The second-order valence-electron chi connectivity index (χ2n) is 17.0. The van der Waals surface area contributed by atoms with E-state index in [1.54, 1.807) is 4.90 Å². The largest absolute Gasteiger partial charge is 0.493 e. The van der Waals surface area contributed by atoms with Gasteiger partial charge in [0.05, 0.1) is 24.0 Å². The van der Waals surface area contributed by atoms with Crippen LogP contribution < -0.4 is 4.74 Å². The molecule has 3 aromatic carbocycles. The number of allylic oxidation sites excluding steroid dienone is 1. The van der Waals surface area contributed by atoms with E-state index in [0.717, 1.165) is 101 Å². The third-order valence-corrected chi connectivity index (χ3v) is 11.0. The van der Waals surface area contributed by atoms with Crippen LogP contribution in [-0.4, -0.2) is 60.0 Å². The molecule has 9 heteroatoms. The zero-order chi connectivity index (χ0) is 40.8. The molecule has 3 aliphatic heterocycles. The van der Waals surface area contributed by atoms with Crippen LogP contribution in [0.15, 0.2) is 72.8 Å². The van der Waals surface area contributed by atoms with Crippen LogP contribution in [0.3, 0.4) is 0 Å². The Bertz CT molecular complexity index is 2110. The van der Waals surface area contributed by atoms with Crippen LogP contribution in [0.5, 0.6) is 5.75 Å². The fourth-order valence-electron chi connectivity index (χ4n) is 8.19. The first-order valence-corrected chi connectivity index (χ1v) is 20.9. The highest BCUT2D eigenvalue weighted by Crippen LogP contribution is 2.45. The first-order valence-electron chi connectivity index (χ1n) is 20.9. The van der Waals surface area contributed by atoms with Gasteiger partial charge in [-0.15, -0.1) is 0 Å². The number of carbonyl (C=O) groups excluding carboxylic acids is 2. The van der Waals surface area contributed by atoms with Crippen LogP contribution in [0.1, 0.15) is 106 Å². The van der Waals surface area contributed by atoms with E-state index in [1.165, 1.54) is 0 Å². The van der Waals surface area contributed by atoms with Gasteiger partial charge in [0, 0.05) is 43.1 Å². The van der Waals surface area contributed by atoms with Gasteiger partial charge in [-0.25, -0.2) is 9.59 Å². The highest BCUT2D eigenvalue weighted by Gasteiger charge is 2.36. The minimum Gasteiger partial charge on any atom is -0.493 e. The van der Waals surface area contributed by atoms with E-state index in [0.29, 0.717) is 43.3 Å². The second-order valence-corrected chi connectivity index (χ2v) is 17.0. The van der Waals surface area contributed by atoms with Crippen LogP contribution in [0.2, 0.25) is 0 Å². The summed E-state index contributed by atoms with van der Waals surface area (Å²) in [6, 6.07) is 22.6. The van der Waals surface area contributed by atoms with Crippen LogP contribution >= 0.6 is 0 Å². The summed E-state index contributed by atoms with van der Waals surface area (Å²) < 4.78 is 30.0. The van der Waals surface area contributed by atoms with E-state index in [9.17, 15) is 9.59 Å². The Kier molecular flexibility index (Phi) is 13.0. The predicted molar refractivity (Wildman–Crippen MR) is 226 cm³/mol. The summed E-state index contributed by atoms with van der Waals surface area (Å²) in [4.78, 5) is 34.5. The number of amides is 1. The molecule has 306 valence electrons. The van der Waals surface area contributed by atoms with Crippen molar-refractivity contribution in [3.8, 4) is 28.0 Å². The molecule has 0 radical (unpaired) electrons. The molecular weight excluding hydrogens is 729 g/mol. The number of ether oxygens (including phenoxy) is 5. The highest BCUT2D eigenvalue weighted by molar-refractivity contribution is 5.94. The van der Waals surface area contributed by atoms with E-state index in [4.69, 9.17) is 28.7 Å². The van der Waals surface area contributed by atoms with Gasteiger partial charge in [0.15, 0.2) is 6.10 Å². The fourth-order valence-corrected chi connectivity index (χ4v) is 8.19. The van der Waals surface area contributed by atoms with Gasteiger partial charge >= 0.3 is 12.1 Å². The topological polar surface area (TPSA) is 96.4 Å². The lowest BCUT2D eigenvalue weighted by molar-refractivity contribution is -0.171. The Morgan fingerprint density at radius 2 is 1.66 bits per heavy atom. The Labute approximate surface area is 343 Å². The summed E-state index contributed by atoms with van der Waals surface area (Å²) >= 11 is 0. The SMILES string of the molecule is Cc1nc(/C=C/CC2CCOCC2)c(-c2ccc3c(c2)CCN(C(=O)OCc2ccccc2)C3)c(-c2ccc3c(c2)CCCO3)c1[C@H](OC(C)(C)C)C(=O)OC(C)C. The molecule has 0 unspecified atom stereocenters. The average Bonchev–Trinajstić information content (AvgIpc) is 3.21. The molecule has 1 fully saturated rings. The van der Waals surface area contributed by atoms with E-state index in [2.05, 4.69) is 48.6 Å². The van der Waals surface area contributed by atoms with Crippen LogP contribution in [0.4, 0.5) is 4.79 Å². The number of aromatic nitrogens is 1. The summed E-state index contributed by atoms with van der Waals surface area (Å²) in [6.07, 6.45) is 8.22. The monoisotopic (exact) mass is 786 g/mol. The molecule has 58 heavy (non-hydrogen) atoms. The summed E-state index contributed by atoms with van der Waals surface area (Å²) in [5.41, 5.74) is 9.64. The molecule has 0 aliphatic carbocycles. The van der Waals surface area contributed by atoms with Crippen LogP contribution in [-0.2, 0) is 49.7 Å². The number of fused-ring (bicyclic) bond motifs is 2. The van der Waals surface area contributed by atoms with E-state index >= 15 is 0 Å². The molecule has 1 saturated heterocycles. The van der Waals surface area contributed by atoms with Crippen molar-refractivity contribution >= 4 is 18.1 Å². The predicted octanol–water partition coefficient (Wildman–Crippen LogP) is 10.4. The van der Waals surface area contributed by atoms with Gasteiger partial charge in [-0.05, 0) is 143 Å². The van der Waals surface area contributed by atoms with Gasteiger partial charge in [-0.2, -0.15) is 0 Å². The average molecular weight is 787 g/mol. The molecule has 1 aromatic heterocycles. The quantitative estimate of drug-likeness (QED) is 0.139. The third kappa shape index (κ3) is 9.99. The number of hydrogen-bond donors (Lipinski definition) is 0. The van der Waals surface area contributed by atoms with Crippen molar-refractivity contribution in [2.75, 3.05) is 26.4 Å². The number of carbonyl (C=O) groups is 2. The molecule has 0 bridgehead atoms. The van der Waals surface area contributed by atoms with Gasteiger partial charge in [0.1, 0.15) is 12.4 Å². The van der Waals surface area contributed by atoms with Gasteiger partial charge in [0.2, 0.25) is 0 Å². The normalized spacial score (nSPS) is 16.4. The lowest BCUT2D eigenvalue weighted by Gasteiger charge is -2.31. The zero-order valence-electron chi connectivity index (χ0n) is 35.0. The lowest BCUT2D eigenvalue weighted by atomic mass is 9.84. The smallest absolute Gasteiger partial charge is 0.410 e. The lowest BCUT2D eigenvalue weighted by Crippen LogP contribution is -2.36. The maximum absolute atomic E-state index is 14.2. The summed E-state index contributed by atoms with van der Waals surface area (Å²) in [5, 5.41) is 0. The maximum Gasteiger partial charge on any atom is 0.410 e. The molecule has 0 saturated carbocycles. The number of pyridine rings is 1. The Morgan fingerprint density at radius 3 is 2.41 bits per heavy atom. The standard InChI is InChI=1S/C49H58N2O7/c1-32(2)57-47(52)46(58-49(4,5)6)43-33(3)50-41(16-10-14-34-22-26-54-27-23-34)44(45(43)39-19-20-42-37(29-39)15-11-25-55-42)38-17-18-40-30-51(24-21-36(40)28-38)48(53)56-31-35-12-8-7-9-13-35/h7-10,12-13,16-20,28-29,32,34,46H,11,14-15,21-27,30-31H2,1-6H3/b16-10+/t46-/m0/s1. The van der Waals surface area contributed by atoms with Crippen LogP contribution in [0, 0.1) is 12.8 Å². The number of rotatable bonds is 11.